The van der Waals surface area contributed by atoms with Crippen LogP contribution in [-0.4, -0.2) is 50.2 Å². The van der Waals surface area contributed by atoms with Crippen LogP contribution in [0.2, 0.25) is 0 Å². The fraction of sp³-hybridized carbons (Fsp3) is 0.238. The van der Waals surface area contributed by atoms with E-state index in [4.69, 9.17) is 0 Å². The highest BCUT2D eigenvalue weighted by Gasteiger charge is 2.37. The summed E-state index contributed by atoms with van der Waals surface area (Å²) in [4.78, 5) is 23.2. The molecule has 30 heavy (non-hydrogen) atoms. The summed E-state index contributed by atoms with van der Waals surface area (Å²) in [6.45, 7) is 3.84. The molecule has 3 rings (SSSR count). The predicted octanol–water partition coefficient (Wildman–Crippen LogP) is 1.47. The second-order valence-corrected chi connectivity index (χ2v) is 8.80. The molecule has 2 amide bonds. The van der Waals surface area contributed by atoms with Gasteiger partial charge in [-0.15, -0.1) is 0 Å². The van der Waals surface area contributed by atoms with Crippen LogP contribution in [0.4, 0.5) is 4.39 Å². The molecule has 1 saturated heterocycles. The zero-order chi connectivity index (χ0) is 21.7. The first-order valence-electron chi connectivity index (χ1n) is 9.36. The fourth-order valence-electron chi connectivity index (χ4n) is 3.04. The highest BCUT2D eigenvalue weighted by atomic mass is 32.2. The van der Waals surface area contributed by atoms with Gasteiger partial charge in [0, 0.05) is 19.6 Å². The Balaban J connectivity index is 1.59. The lowest BCUT2D eigenvalue weighted by Crippen LogP contribution is -2.60. The number of halogens is 1. The maximum absolute atomic E-state index is 14.4. The maximum Gasteiger partial charge on any atom is 0.254 e. The monoisotopic (exact) mass is 431 g/mol. The molecule has 2 aromatic rings. The van der Waals surface area contributed by atoms with Crippen molar-refractivity contribution >= 4 is 21.8 Å². The number of nitrogens with one attached hydrogen (secondary N) is 2. The quantitative estimate of drug-likeness (QED) is 0.619. The van der Waals surface area contributed by atoms with E-state index in [1.54, 1.807) is 0 Å². The van der Waals surface area contributed by atoms with Gasteiger partial charge in [0.1, 0.15) is 5.82 Å². The van der Waals surface area contributed by atoms with Gasteiger partial charge in [0.15, 0.2) is 0 Å². The van der Waals surface area contributed by atoms with Gasteiger partial charge >= 0.3 is 0 Å². The topological polar surface area (TPSA) is 95.6 Å². The minimum atomic E-state index is -3.91. The summed E-state index contributed by atoms with van der Waals surface area (Å²) in [6, 6.07) is 12.4. The van der Waals surface area contributed by atoms with E-state index in [1.807, 2.05) is 30.3 Å². The maximum atomic E-state index is 14.4. The number of hydrogen-bond donors (Lipinski definition) is 2. The van der Waals surface area contributed by atoms with Crippen molar-refractivity contribution in [3.63, 3.8) is 0 Å². The molecule has 9 heteroatoms. The molecule has 7 nitrogen and oxygen atoms in total. The van der Waals surface area contributed by atoms with E-state index >= 15 is 0 Å². The molecule has 0 aliphatic carbocycles. The molecule has 1 heterocycles. The first-order valence-corrected chi connectivity index (χ1v) is 10.8. The molecule has 0 spiro atoms. The Morgan fingerprint density at radius 1 is 1.17 bits per heavy atom. The molecule has 0 bridgehead atoms. The van der Waals surface area contributed by atoms with E-state index < -0.39 is 21.7 Å². The lowest BCUT2D eigenvalue weighted by Gasteiger charge is -2.38. The van der Waals surface area contributed by atoms with Gasteiger partial charge in [-0.2, -0.15) is 4.31 Å². The molecular weight excluding hydrogens is 409 g/mol. The number of nitrogens with zero attached hydrogens (tertiary/aromatic N) is 1. The molecule has 0 atom stereocenters. The van der Waals surface area contributed by atoms with Gasteiger partial charge in [-0.05, 0) is 36.3 Å². The number of benzene rings is 2. The number of carbonyl (C=O) groups is 2. The Morgan fingerprint density at radius 3 is 2.50 bits per heavy atom. The average molecular weight is 431 g/mol. The van der Waals surface area contributed by atoms with Crippen LogP contribution in [0.15, 0.2) is 66.1 Å². The summed E-state index contributed by atoms with van der Waals surface area (Å²) in [6.07, 6.45) is 1.70. The number of sulfonamides is 1. The Morgan fingerprint density at radius 2 is 1.87 bits per heavy atom. The van der Waals surface area contributed by atoms with Crippen molar-refractivity contribution in [3.8, 4) is 0 Å². The van der Waals surface area contributed by atoms with Crippen molar-refractivity contribution in [2.75, 3.05) is 19.6 Å². The van der Waals surface area contributed by atoms with Crippen molar-refractivity contribution in [1.29, 1.82) is 0 Å². The van der Waals surface area contributed by atoms with Crippen molar-refractivity contribution in [2.45, 2.75) is 17.4 Å². The Bertz CT molecular complexity index is 1050. The highest BCUT2D eigenvalue weighted by molar-refractivity contribution is 7.89. The van der Waals surface area contributed by atoms with E-state index in [0.29, 0.717) is 13.0 Å². The number of amides is 2. The Hall–Kier alpha value is -3.04. The molecule has 2 aromatic carbocycles. The molecule has 1 fully saturated rings. The molecule has 0 unspecified atom stereocenters. The molecule has 0 saturated carbocycles. The molecule has 1 aliphatic heterocycles. The Labute approximate surface area is 174 Å². The summed E-state index contributed by atoms with van der Waals surface area (Å²) in [7, 11) is -3.91. The van der Waals surface area contributed by atoms with Crippen LogP contribution in [0.25, 0.3) is 0 Å². The van der Waals surface area contributed by atoms with Gasteiger partial charge in [-0.3, -0.25) is 9.59 Å². The van der Waals surface area contributed by atoms with Gasteiger partial charge in [-0.25, -0.2) is 12.8 Å². The molecule has 0 aromatic heterocycles. The normalized spacial score (nSPS) is 14.6. The fourth-order valence-corrected chi connectivity index (χ4v) is 4.58. The minimum absolute atomic E-state index is 0.0885. The third-order valence-corrected chi connectivity index (χ3v) is 6.57. The zero-order valence-corrected chi connectivity index (χ0v) is 17.0. The van der Waals surface area contributed by atoms with Crippen LogP contribution in [0.3, 0.4) is 0 Å². The van der Waals surface area contributed by atoms with Crippen molar-refractivity contribution in [2.24, 2.45) is 0 Å². The lowest BCUT2D eigenvalue weighted by molar-refractivity contribution is -0.117. The van der Waals surface area contributed by atoms with Crippen molar-refractivity contribution in [3.05, 3.63) is 78.1 Å². The number of rotatable bonds is 8. The molecule has 0 radical (unpaired) electrons. The summed E-state index contributed by atoms with van der Waals surface area (Å²) in [5.41, 5.74) is 0.818. The number of hydrogen-bond acceptors (Lipinski definition) is 4. The molecular formula is C21H22FN3O4S. The first kappa shape index (κ1) is 21.7. The smallest absolute Gasteiger partial charge is 0.254 e. The van der Waals surface area contributed by atoms with Gasteiger partial charge in [-0.1, -0.05) is 36.9 Å². The third kappa shape index (κ3) is 4.92. The van der Waals surface area contributed by atoms with E-state index in [1.165, 1.54) is 6.07 Å². The van der Waals surface area contributed by atoms with Gasteiger partial charge < -0.3 is 10.6 Å². The average Bonchev–Trinajstić information content (AvgIpc) is 2.70. The molecule has 2 N–H and O–H groups in total. The summed E-state index contributed by atoms with van der Waals surface area (Å²) >= 11 is 0. The van der Waals surface area contributed by atoms with Crippen LogP contribution in [0, 0.1) is 5.82 Å². The molecule has 1 aliphatic rings. The van der Waals surface area contributed by atoms with E-state index in [2.05, 4.69) is 17.2 Å². The van der Waals surface area contributed by atoms with Crippen LogP contribution < -0.4 is 10.6 Å². The second-order valence-electron chi connectivity index (χ2n) is 6.86. The van der Waals surface area contributed by atoms with Gasteiger partial charge in [0.05, 0.1) is 16.5 Å². The predicted molar refractivity (Wildman–Crippen MR) is 110 cm³/mol. The van der Waals surface area contributed by atoms with Crippen molar-refractivity contribution in [1.82, 2.24) is 14.9 Å². The summed E-state index contributed by atoms with van der Waals surface area (Å²) in [5, 5.41) is 5.23. The first-order chi connectivity index (χ1) is 14.3. The van der Waals surface area contributed by atoms with E-state index in [0.717, 1.165) is 28.1 Å². The largest absolute Gasteiger partial charge is 0.352 e. The third-order valence-electron chi connectivity index (χ3n) is 4.74. The SMILES string of the molecule is C=CC(=O)NC1CN(S(=O)(=O)c2ccc(C(=O)NCCc3ccccc3)c(F)c2)C1. The van der Waals surface area contributed by atoms with E-state index in [9.17, 15) is 22.4 Å². The van der Waals surface area contributed by atoms with Crippen LogP contribution in [0.1, 0.15) is 15.9 Å². The van der Waals surface area contributed by atoms with Gasteiger partial charge in [0.25, 0.3) is 5.91 Å². The second kappa shape index (κ2) is 9.19. The zero-order valence-electron chi connectivity index (χ0n) is 16.2. The van der Waals surface area contributed by atoms with Crippen LogP contribution >= 0.6 is 0 Å². The molecule has 158 valence electrons. The summed E-state index contributed by atoms with van der Waals surface area (Å²) in [5.74, 6) is -1.90. The lowest BCUT2D eigenvalue weighted by atomic mass is 10.1. The summed E-state index contributed by atoms with van der Waals surface area (Å²) < 4.78 is 40.8. The minimum Gasteiger partial charge on any atom is -0.352 e. The van der Waals surface area contributed by atoms with Crippen LogP contribution in [0.5, 0.6) is 0 Å². The highest BCUT2D eigenvalue weighted by Crippen LogP contribution is 2.23. The number of carbonyl (C=O) groups excluding carboxylic acids is 2. The van der Waals surface area contributed by atoms with Crippen LogP contribution in [-0.2, 0) is 21.2 Å². The van der Waals surface area contributed by atoms with Gasteiger partial charge in [0.2, 0.25) is 15.9 Å². The van der Waals surface area contributed by atoms with Crippen molar-refractivity contribution < 1.29 is 22.4 Å². The standard InChI is InChI=1S/C21H22FN3O4S/c1-2-20(26)24-16-13-25(14-16)30(28,29)17-8-9-18(19(22)12-17)21(27)23-11-10-15-6-4-3-5-7-15/h2-9,12,16H,1,10-11,13-14H2,(H,23,27)(H,24,26). The van der Waals surface area contributed by atoms with E-state index in [-0.39, 0.29) is 35.5 Å². The Kier molecular flexibility index (Phi) is 6.63.